The molecule has 0 amide bonds. The molecule has 0 aromatic rings. The molecule has 0 aliphatic rings. The number of hydrogen-bond acceptors (Lipinski definition) is 7. The fourth-order valence-corrected chi connectivity index (χ4v) is 6.03. The second-order valence-corrected chi connectivity index (χ2v) is 15.0. The number of phosphoric acid groups is 1. The predicted molar refractivity (Wildman–Crippen MR) is 203 cm³/mol. The van der Waals surface area contributed by atoms with E-state index < -0.39 is 26.5 Å². The maximum atomic E-state index is 12.5. The van der Waals surface area contributed by atoms with Crippen LogP contribution >= 0.6 is 7.82 Å². The smallest absolute Gasteiger partial charge is 0.462 e. The molecule has 0 bridgehead atoms. The third-order valence-corrected chi connectivity index (χ3v) is 9.64. The van der Waals surface area contributed by atoms with E-state index in [9.17, 15) is 19.0 Å². The first-order valence-electron chi connectivity index (χ1n) is 20.0. The average Bonchev–Trinajstić information content (AvgIpc) is 3.09. The van der Waals surface area contributed by atoms with Crippen LogP contribution in [0, 0.1) is 0 Å². The molecule has 0 spiro atoms. The molecule has 2 atom stereocenters. The second-order valence-electron chi connectivity index (χ2n) is 13.4. The van der Waals surface area contributed by atoms with E-state index in [4.69, 9.17) is 14.0 Å². The summed E-state index contributed by atoms with van der Waals surface area (Å²) in [5.41, 5.74) is 0. The largest absolute Gasteiger partial charge is 0.472 e. The highest BCUT2D eigenvalue weighted by Crippen LogP contribution is 2.42. The van der Waals surface area contributed by atoms with Crippen molar-refractivity contribution >= 4 is 19.8 Å². The second kappa shape index (κ2) is 36.3. The van der Waals surface area contributed by atoms with Crippen molar-refractivity contribution in [1.29, 1.82) is 0 Å². The van der Waals surface area contributed by atoms with Crippen molar-refractivity contribution in [2.24, 2.45) is 0 Å². The highest BCUT2D eigenvalue weighted by atomic mass is 31.2. The zero-order valence-electron chi connectivity index (χ0n) is 31.9. The van der Waals surface area contributed by atoms with E-state index in [-0.39, 0.29) is 19.0 Å². The van der Waals surface area contributed by atoms with Gasteiger partial charge in [0, 0.05) is 20.0 Å². The van der Waals surface area contributed by atoms with Crippen molar-refractivity contribution in [3.05, 3.63) is 24.3 Å². The van der Waals surface area contributed by atoms with Crippen molar-refractivity contribution in [3.63, 3.8) is 0 Å². The van der Waals surface area contributed by atoms with Gasteiger partial charge < -0.3 is 14.4 Å². The molecule has 9 heteroatoms. The minimum absolute atomic E-state index is 0.224. The fourth-order valence-electron chi connectivity index (χ4n) is 5.57. The van der Waals surface area contributed by atoms with Crippen LogP contribution in [0.2, 0.25) is 0 Å². The van der Waals surface area contributed by atoms with Gasteiger partial charge in [-0.05, 0) is 44.9 Å². The Labute approximate surface area is 301 Å². The van der Waals surface area contributed by atoms with Crippen molar-refractivity contribution < 1.29 is 37.6 Å². The Hall–Kier alpha value is -1.47. The highest BCUT2D eigenvalue weighted by molar-refractivity contribution is 7.47. The molecule has 0 aromatic heterocycles. The van der Waals surface area contributed by atoms with Gasteiger partial charge in [0.25, 0.3) is 0 Å². The van der Waals surface area contributed by atoms with Crippen LogP contribution in [-0.2, 0) is 32.7 Å². The lowest BCUT2D eigenvalue weighted by molar-refractivity contribution is -0.161. The van der Waals surface area contributed by atoms with Crippen LogP contribution in [0.1, 0.15) is 194 Å². The summed E-state index contributed by atoms with van der Waals surface area (Å²) in [6.45, 7) is 3.85. The molecule has 49 heavy (non-hydrogen) atoms. The standard InChI is InChI=1S/C40H75O8P/c1-4-6-8-10-12-14-15-16-17-18-19-20-21-22-23-24-25-27-29-31-33-35-40(42)48-38(37-47-49(43,44)45-3)36-46-39(41)34-32-30-28-26-13-11-9-7-5-2/h15-16,18-19,38H,4-14,17,20-37H2,1-3H3,(H,43,44)/b16-15-,19-18-. The van der Waals surface area contributed by atoms with Crippen LogP contribution in [0.25, 0.3) is 0 Å². The Kier molecular flexibility index (Phi) is 35.2. The Bertz CT molecular complexity index is 859. The third-order valence-electron chi connectivity index (χ3n) is 8.70. The molecule has 0 rings (SSSR count). The molecule has 8 nitrogen and oxygen atoms in total. The fraction of sp³-hybridized carbons (Fsp3) is 0.850. The molecule has 0 aliphatic heterocycles. The quantitative estimate of drug-likeness (QED) is 0.0293. The molecule has 0 saturated heterocycles. The lowest BCUT2D eigenvalue weighted by Crippen LogP contribution is -2.29. The van der Waals surface area contributed by atoms with Crippen LogP contribution in [0.5, 0.6) is 0 Å². The van der Waals surface area contributed by atoms with E-state index in [1.165, 1.54) is 116 Å². The number of phosphoric ester groups is 1. The van der Waals surface area contributed by atoms with E-state index in [0.29, 0.717) is 12.8 Å². The van der Waals surface area contributed by atoms with Gasteiger partial charge in [0.1, 0.15) is 6.61 Å². The zero-order valence-corrected chi connectivity index (χ0v) is 32.7. The van der Waals surface area contributed by atoms with E-state index >= 15 is 0 Å². The number of carbonyl (C=O) groups is 2. The summed E-state index contributed by atoms with van der Waals surface area (Å²) in [5.74, 6) is -0.807. The summed E-state index contributed by atoms with van der Waals surface area (Å²) in [6, 6.07) is 0. The van der Waals surface area contributed by atoms with Crippen LogP contribution in [-0.4, -0.2) is 43.3 Å². The molecule has 1 N–H and O–H groups in total. The van der Waals surface area contributed by atoms with Gasteiger partial charge in [-0.1, -0.05) is 160 Å². The first kappa shape index (κ1) is 47.5. The topological polar surface area (TPSA) is 108 Å². The summed E-state index contributed by atoms with van der Waals surface area (Å²) < 4.78 is 31.8. The third kappa shape index (κ3) is 36.1. The van der Waals surface area contributed by atoms with Gasteiger partial charge in [0.2, 0.25) is 0 Å². The number of esters is 2. The molecule has 0 heterocycles. The van der Waals surface area contributed by atoms with Gasteiger partial charge in [-0.25, -0.2) is 4.57 Å². The predicted octanol–water partition coefficient (Wildman–Crippen LogP) is 12.3. The summed E-state index contributed by atoms with van der Waals surface area (Å²) >= 11 is 0. The van der Waals surface area contributed by atoms with E-state index in [2.05, 4.69) is 42.7 Å². The van der Waals surface area contributed by atoms with E-state index in [0.717, 1.165) is 52.1 Å². The first-order chi connectivity index (χ1) is 23.8. The zero-order chi connectivity index (χ0) is 36.1. The number of ether oxygens (including phenoxy) is 2. The van der Waals surface area contributed by atoms with Gasteiger partial charge in [0.05, 0.1) is 6.61 Å². The van der Waals surface area contributed by atoms with Gasteiger partial charge in [-0.2, -0.15) is 0 Å². The van der Waals surface area contributed by atoms with Gasteiger partial charge in [0.15, 0.2) is 6.10 Å². The first-order valence-corrected chi connectivity index (χ1v) is 21.5. The van der Waals surface area contributed by atoms with Gasteiger partial charge in [-0.15, -0.1) is 0 Å². The van der Waals surface area contributed by atoms with Crippen LogP contribution in [0.3, 0.4) is 0 Å². The number of hydrogen-bond donors (Lipinski definition) is 1. The number of carbonyl (C=O) groups excluding carboxylic acids is 2. The summed E-state index contributed by atoms with van der Waals surface area (Å²) in [7, 11) is -3.19. The highest BCUT2D eigenvalue weighted by Gasteiger charge is 2.24. The number of unbranched alkanes of at least 4 members (excludes halogenated alkanes) is 22. The van der Waals surface area contributed by atoms with E-state index in [1.54, 1.807) is 0 Å². The maximum Gasteiger partial charge on any atom is 0.472 e. The molecule has 0 aromatic carbocycles. The van der Waals surface area contributed by atoms with Gasteiger partial charge in [-0.3, -0.25) is 18.6 Å². The van der Waals surface area contributed by atoms with Crippen molar-refractivity contribution in [1.82, 2.24) is 0 Å². The van der Waals surface area contributed by atoms with Crippen LogP contribution in [0.15, 0.2) is 24.3 Å². The van der Waals surface area contributed by atoms with Crippen LogP contribution in [0.4, 0.5) is 0 Å². The van der Waals surface area contributed by atoms with Gasteiger partial charge >= 0.3 is 19.8 Å². The maximum absolute atomic E-state index is 12.5. The molecule has 0 aliphatic carbocycles. The van der Waals surface area contributed by atoms with Crippen LogP contribution < -0.4 is 0 Å². The molecule has 288 valence electrons. The summed E-state index contributed by atoms with van der Waals surface area (Å²) in [6.07, 6.45) is 39.5. The minimum atomic E-state index is -4.25. The normalized spacial score (nSPS) is 13.6. The molecule has 0 radical (unpaired) electrons. The van der Waals surface area contributed by atoms with Crippen molar-refractivity contribution in [2.45, 2.75) is 200 Å². The number of rotatable bonds is 37. The SMILES string of the molecule is CCCCCCC/C=C\C/C=C\CCCCCCCCCCCC(=O)OC(COC(=O)CCCCCCCCCCC)COP(=O)(O)OC. The van der Waals surface area contributed by atoms with E-state index in [1.807, 2.05) is 0 Å². The van der Waals surface area contributed by atoms with Crippen molar-refractivity contribution in [3.8, 4) is 0 Å². The Morgan fingerprint density at radius 2 is 0.980 bits per heavy atom. The molecule has 2 unspecified atom stereocenters. The lowest BCUT2D eigenvalue weighted by atomic mass is 10.1. The summed E-state index contributed by atoms with van der Waals surface area (Å²) in [5, 5.41) is 0. The monoisotopic (exact) mass is 715 g/mol. The average molecular weight is 715 g/mol. The lowest BCUT2D eigenvalue weighted by Gasteiger charge is -2.19. The molecular weight excluding hydrogens is 639 g/mol. The number of allylic oxidation sites excluding steroid dienone is 4. The Morgan fingerprint density at radius 1 is 0.571 bits per heavy atom. The minimum Gasteiger partial charge on any atom is -0.462 e. The van der Waals surface area contributed by atoms with Crippen molar-refractivity contribution in [2.75, 3.05) is 20.3 Å². The molecule has 0 fully saturated rings. The molecular formula is C40H75O8P. The Balaban J connectivity index is 3.96. The Morgan fingerprint density at radius 3 is 1.43 bits per heavy atom. The molecule has 0 saturated carbocycles. The summed E-state index contributed by atoms with van der Waals surface area (Å²) in [4.78, 5) is 34.3.